The second-order valence-electron chi connectivity index (χ2n) is 7.92. The molecule has 7 nitrogen and oxygen atoms in total. The maximum absolute atomic E-state index is 13.2. The van der Waals surface area contributed by atoms with Crippen LogP contribution in [0, 0.1) is 0 Å². The molecular formula is C25H26F3N3O4. The Bertz CT molecular complexity index is 1310. The number of hydrogen-bond donors (Lipinski definition) is 1. The van der Waals surface area contributed by atoms with E-state index in [0.29, 0.717) is 23.2 Å². The molecule has 0 fully saturated rings. The molecule has 10 heteroatoms. The lowest BCUT2D eigenvalue weighted by Crippen LogP contribution is -2.43. The second kappa shape index (κ2) is 11.1. The van der Waals surface area contributed by atoms with Crippen LogP contribution in [0.15, 0.2) is 64.3 Å². The van der Waals surface area contributed by atoms with E-state index in [1.54, 1.807) is 13.2 Å². The normalized spacial score (nSPS) is 11.3. The van der Waals surface area contributed by atoms with Gasteiger partial charge in [-0.15, -0.1) is 0 Å². The summed E-state index contributed by atoms with van der Waals surface area (Å²) in [6, 6.07) is 11.2. The molecule has 0 radical (unpaired) electrons. The SMILES string of the molecule is CCCCn1cc(C(=O)NCCc2cccc(OC)c2)c(=O)n(-c2cccc(C(F)(F)F)c2)c1=O. The second-order valence-corrected chi connectivity index (χ2v) is 7.92. The van der Waals surface area contributed by atoms with E-state index in [1.807, 2.05) is 25.1 Å². The van der Waals surface area contributed by atoms with Gasteiger partial charge in [-0.05, 0) is 48.7 Å². The first-order valence-electron chi connectivity index (χ1n) is 11.1. The summed E-state index contributed by atoms with van der Waals surface area (Å²) in [6.07, 6.45) is -1.71. The lowest BCUT2D eigenvalue weighted by Gasteiger charge is -2.14. The average molecular weight is 489 g/mol. The highest BCUT2D eigenvalue weighted by Crippen LogP contribution is 2.29. The minimum atomic E-state index is -4.66. The summed E-state index contributed by atoms with van der Waals surface area (Å²) in [5.74, 6) is -0.0512. The molecule has 0 aliphatic carbocycles. The summed E-state index contributed by atoms with van der Waals surface area (Å²) in [4.78, 5) is 39.0. The first kappa shape index (κ1) is 25.8. The monoisotopic (exact) mass is 489 g/mol. The number of nitrogens with zero attached hydrogens (tertiary/aromatic N) is 2. The number of carbonyl (C=O) groups is 1. The van der Waals surface area contributed by atoms with E-state index in [9.17, 15) is 27.6 Å². The number of hydrogen-bond acceptors (Lipinski definition) is 4. The molecular weight excluding hydrogens is 463 g/mol. The Balaban J connectivity index is 1.96. The maximum atomic E-state index is 13.2. The smallest absolute Gasteiger partial charge is 0.416 e. The highest BCUT2D eigenvalue weighted by atomic mass is 19.4. The number of benzene rings is 2. The summed E-state index contributed by atoms with van der Waals surface area (Å²) in [5.41, 5.74) is -2.49. The van der Waals surface area contributed by atoms with E-state index >= 15 is 0 Å². The Morgan fingerprint density at radius 1 is 1.09 bits per heavy atom. The molecule has 0 atom stereocenters. The summed E-state index contributed by atoms with van der Waals surface area (Å²) in [5, 5.41) is 2.65. The van der Waals surface area contributed by atoms with Gasteiger partial charge in [-0.25, -0.2) is 9.36 Å². The van der Waals surface area contributed by atoms with E-state index in [4.69, 9.17) is 4.74 Å². The molecule has 0 saturated carbocycles. The molecule has 0 spiro atoms. The number of halogens is 3. The van der Waals surface area contributed by atoms with Crippen molar-refractivity contribution in [1.82, 2.24) is 14.5 Å². The third-order valence-electron chi connectivity index (χ3n) is 5.42. The van der Waals surface area contributed by atoms with Crippen molar-refractivity contribution < 1.29 is 22.7 Å². The van der Waals surface area contributed by atoms with Crippen molar-refractivity contribution >= 4 is 5.91 Å². The first-order chi connectivity index (χ1) is 16.7. The van der Waals surface area contributed by atoms with Crippen molar-refractivity contribution in [3.63, 3.8) is 0 Å². The molecule has 0 aliphatic heterocycles. The quantitative estimate of drug-likeness (QED) is 0.496. The number of aromatic nitrogens is 2. The summed E-state index contributed by atoms with van der Waals surface area (Å²) < 4.78 is 46.6. The largest absolute Gasteiger partial charge is 0.497 e. The topological polar surface area (TPSA) is 82.3 Å². The van der Waals surface area contributed by atoms with Gasteiger partial charge in [0.05, 0.1) is 18.4 Å². The molecule has 1 N–H and O–H groups in total. The van der Waals surface area contributed by atoms with E-state index < -0.39 is 28.9 Å². The van der Waals surface area contributed by atoms with Crippen LogP contribution in [0.25, 0.3) is 5.69 Å². The van der Waals surface area contributed by atoms with Gasteiger partial charge in [-0.1, -0.05) is 31.5 Å². The van der Waals surface area contributed by atoms with E-state index in [1.165, 1.54) is 16.8 Å². The van der Waals surface area contributed by atoms with Gasteiger partial charge >= 0.3 is 11.9 Å². The number of nitrogens with one attached hydrogen (secondary N) is 1. The average Bonchev–Trinajstić information content (AvgIpc) is 2.83. The van der Waals surface area contributed by atoms with Crippen LogP contribution in [-0.4, -0.2) is 28.7 Å². The zero-order chi connectivity index (χ0) is 25.6. The fourth-order valence-electron chi connectivity index (χ4n) is 3.54. The predicted molar refractivity (Wildman–Crippen MR) is 125 cm³/mol. The Labute approximate surface area is 199 Å². The van der Waals surface area contributed by atoms with Crippen LogP contribution in [0.5, 0.6) is 5.75 Å². The van der Waals surface area contributed by atoms with Crippen molar-refractivity contribution in [2.24, 2.45) is 0 Å². The van der Waals surface area contributed by atoms with Crippen LogP contribution in [0.2, 0.25) is 0 Å². The molecule has 0 aliphatic rings. The number of unbranched alkanes of at least 4 members (excludes halogenated alkanes) is 1. The lowest BCUT2D eigenvalue weighted by molar-refractivity contribution is -0.137. The highest BCUT2D eigenvalue weighted by Gasteiger charge is 2.31. The molecule has 0 bridgehead atoms. The predicted octanol–water partition coefficient (Wildman–Crippen LogP) is 3.80. The summed E-state index contributed by atoms with van der Waals surface area (Å²) >= 11 is 0. The van der Waals surface area contributed by atoms with Crippen LogP contribution < -0.4 is 21.3 Å². The van der Waals surface area contributed by atoms with Gasteiger partial charge < -0.3 is 10.1 Å². The van der Waals surface area contributed by atoms with E-state index in [2.05, 4.69) is 5.32 Å². The zero-order valence-electron chi connectivity index (χ0n) is 19.4. The van der Waals surface area contributed by atoms with E-state index in [0.717, 1.165) is 30.2 Å². The minimum absolute atomic E-state index is 0.198. The number of ether oxygens (including phenoxy) is 1. The lowest BCUT2D eigenvalue weighted by atomic mass is 10.1. The van der Waals surface area contributed by atoms with Crippen LogP contribution in [0.3, 0.4) is 0 Å². The number of alkyl halides is 3. The highest BCUT2D eigenvalue weighted by molar-refractivity contribution is 5.93. The molecule has 2 aromatic carbocycles. The Kier molecular flexibility index (Phi) is 8.16. The standard InChI is InChI=1S/C25H26F3N3O4/c1-3-4-13-30-16-21(22(32)29-12-11-17-7-5-10-20(14-17)35-2)23(33)31(24(30)34)19-9-6-8-18(15-19)25(26,27)28/h5-10,14-16H,3-4,11-13H2,1-2H3,(H,29,32). The third kappa shape index (κ3) is 6.20. The molecule has 1 heterocycles. The van der Waals surface area contributed by atoms with Crippen LogP contribution in [-0.2, 0) is 19.1 Å². The number of rotatable bonds is 9. The van der Waals surface area contributed by atoms with Gasteiger partial charge in [0.15, 0.2) is 0 Å². The number of methoxy groups -OCH3 is 1. The van der Waals surface area contributed by atoms with E-state index in [-0.39, 0.29) is 24.3 Å². The Morgan fingerprint density at radius 2 is 1.83 bits per heavy atom. The fourth-order valence-corrected chi connectivity index (χ4v) is 3.54. The number of aryl methyl sites for hydroxylation is 1. The van der Waals surface area contributed by atoms with Gasteiger partial charge in [0.25, 0.3) is 11.5 Å². The Morgan fingerprint density at radius 3 is 2.51 bits per heavy atom. The van der Waals surface area contributed by atoms with Gasteiger partial charge in [0.1, 0.15) is 11.3 Å². The molecule has 0 saturated heterocycles. The number of amides is 1. The van der Waals surface area contributed by atoms with Crippen molar-refractivity contribution in [2.45, 2.75) is 38.9 Å². The first-order valence-corrected chi connectivity index (χ1v) is 11.1. The van der Waals surface area contributed by atoms with Gasteiger partial charge in [0, 0.05) is 19.3 Å². The number of carbonyl (C=O) groups excluding carboxylic acids is 1. The van der Waals surface area contributed by atoms with Crippen LogP contribution in [0.4, 0.5) is 13.2 Å². The van der Waals surface area contributed by atoms with Crippen LogP contribution in [0.1, 0.15) is 41.3 Å². The summed E-state index contributed by atoms with van der Waals surface area (Å²) in [6.45, 7) is 2.31. The van der Waals surface area contributed by atoms with Gasteiger partial charge in [0.2, 0.25) is 0 Å². The van der Waals surface area contributed by atoms with Gasteiger partial charge in [-0.3, -0.25) is 14.2 Å². The molecule has 186 valence electrons. The third-order valence-corrected chi connectivity index (χ3v) is 5.42. The van der Waals surface area contributed by atoms with Crippen molar-refractivity contribution in [1.29, 1.82) is 0 Å². The zero-order valence-corrected chi connectivity index (χ0v) is 19.4. The van der Waals surface area contributed by atoms with Crippen molar-refractivity contribution in [2.75, 3.05) is 13.7 Å². The van der Waals surface area contributed by atoms with Crippen molar-refractivity contribution in [3.05, 3.63) is 92.3 Å². The van der Waals surface area contributed by atoms with Crippen molar-refractivity contribution in [3.8, 4) is 11.4 Å². The Hall–Kier alpha value is -3.82. The molecule has 3 aromatic rings. The van der Waals surface area contributed by atoms with Crippen LogP contribution >= 0.6 is 0 Å². The fraction of sp³-hybridized carbons (Fsp3) is 0.320. The summed E-state index contributed by atoms with van der Waals surface area (Å²) in [7, 11) is 1.55. The van der Waals surface area contributed by atoms with Gasteiger partial charge in [-0.2, -0.15) is 13.2 Å². The molecule has 3 rings (SSSR count). The molecule has 1 amide bonds. The molecule has 1 aromatic heterocycles. The molecule has 0 unspecified atom stereocenters. The minimum Gasteiger partial charge on any atom is -0.497 e. The molecule has 35 heavy (non-hydrogen) atoms. The maximum Gasteiger partial charge on any atom is 0.416 e.